The van der Waals surface area contributed by atoms with E-state index in [1.807, 2.05) is 55.5 Å². The molecule has 7 heteroatoms. The fraction of sp³-hybridized carbons (Fsp3) is 0.0741. The van der Waals surface area contributed by atoms with E-state index >= 15 is 0 Å². The Labute approximate surface area is 205 Å². The van der Waals surface area contributed by atoms with Gasteiger partial charge in [-0.25, -0.2) is 10.2 Å². The van der Waals surface area contributed by atoms with E-state index in [1.54, 1.807) is 36.4 Å². The summed E-state index contributed by atoms with van der Waals surface area (Å²) in [5.74, 6) is 0.182. The highest BCUT2D eigenvalue weighted by atomic mass is 79.9. The Morgan fingerprint density at radius 3 is 2.44 bits per heavy atom. The molecule has 0 heterocycles. The van der Waals surface area contributed by atoms with Crippen molar-refractivity contribution in [2.75, 3.05) is 6.61 Å². The highest BCUT2D eigenvalue weighted by Crippen LogP contribution is 2.32. The van der Waals surface area contributed by atoms with Crippen LogP contribution in [0.1, 0.15) is 21.5 Å². The number of hydrogen-bond acceptors (Lipinski definition) is 5. The average Bonchev–Trinajstić information content (AvgIpc) is 2.85. The van der Waals surface area contributed by atoms with Gasteiger partial charge in [0.05, 0.1) is 16.3 Å². The standard InChI is InChI=1S/C27H21BrN2O4/c1-18-6-10-21(11-7-18)27(32)34-22-13-8-19(9-14-22)16-29-30-25(31)17-33-24-15-12-20-4-2-3-5-23(20)26(24)28/h2-16H,17H2,1H3,(H,30,31)/b29-16+. The molecule has 1 N–H and O–H groups in total. The van der Waals surface area contributed by atoms with Crippen LogP contribution in [0.15, 0.2) is 94.5 Å². The third-order valence-corrected chi connectivity index (χ3v) is 5.79. The number of nitrogens with zero attached hydrogens (tertiary/aromatic N) is 1. The van der Waals surface area contributed by atoms with Crippen molar-refractivity contribution >= 4 is 44.8 Å². The molecule has 0 radical (unpaired) electrons. The van der Waals surface area contributed by atoms with Gasteiger partial charge < -0.3 is 9.47 Å². The van der Waals surface area contributed by atoms with Gasteiger partial charge >= 0.3 is 5.97 Å². The molecule has 0 saturated heterocycles. The molecule has 0 aliphatic carbocycles. The number of carbonyl (C=O) groups excluding carboxylic acids is 2. The molecule has 34 heavy (non-hydrogen) atoms. The molecule has 0 aromatic heterocycles. The first kappa shape index (κ1) is 23.2. The van der Waals surface area contributed by atoms with E-state index in [2.05, 4.69) is 26.5 Å². The van der Waals surface area contributed by atoms with Crippen LogP contribution < -0.4 is 14.9 Å². The maximum Gasteiger partial charge on any atom is 0.343 e. The van der Waals surface area contributed by atoms with Crippen LogP contribution in [-0.2, 0) is 4.79 Å². The summed E-state index contributed by atoms with van der Waals surface area (Å²) in [5.41, 5.74) is 4.72. The Morgan fingerprint density at radius 2 is 1.68 bits per heavy atom. The number of fused-ring (bicyclic) bond motifs is 1. The normalized spacial score (nSPS) is 10.9. The summed E-state index contributed by atoms with van der Waals surface area (Å²) in [6, 6.07) is 25.6. The van der Waals surface area contributed by atoms with Crippen molar-refractivity contribution < 1.29 is 19.1 Å². The van der Waals surface area contributed by atoms with Gasteiger partial charge in [0.15, 0.2) is 6.61 Å². The smallest absolute Gasteiger partial charge is 0.343 e. The van der Waals surface area contributed by atoms with Gasteiger partial charge in [-0.3, -0.25) is 4.79 Å². The second-order valence-electron chi connectivity index (χ2n) is 7.51. The van der Waals surface area contributed by atoms with Crippen LogP contribution in [0.2, 0.25) is 0 Å². The molecule has 4 rings (SSSR count). The van der Waals surface area contributed by atoms with Gasteiger partial charge in [0.2, 0.25) is 0 Å². The number of hydrogen-bond donors (Lipinski definition) is 1. The van der Waals surface area contributed by atoms with Crippen LogP contribution in [-0.4, -0.2) is 24.7 Å². The molecule has 0 bridgehead atoms. The van der Waals surface area contributed by atoms with E-state index in [0.29, 0.717) is 17.1 Å². The molecule has 0 saturated carbocycles. The van der Waals surface area contributed by atoms with E-state index in [1.165, 1.54) is 6.21 Å². The van der Waals surface area contributed by atoms with Crippen molar-refractivity contribution in [3.8, 4) is 11.5 Å². The van der Waals surface area contributed by atoms with Gasteiger partial charge in [-0.15, -0.1) is 0 Å². The van der Waals surface area contributed by atoms with Gasteiger partial charge in [0.25, 0.3) is 5.91 Å². The highest BCUT2D eigenvalue weighted by molar-refractivity contribution is 9.10. The van der Waals surface area contributed by atoms with Crippen molar-refractivity contribution in [1.29, 1.82) is 0 Å². The minimum Gasteiger partial charge on any atom is -0.483 e. The van der Waals surface area contributed by atoms with Crippen molar-refractivity contribution in [2.24, 2.45) is 5.10 Å². The molecule has 4 aromatic carbocycles. The number of rotatable bonds is 7. The van der Waals surface area contributed by atoms with Crippen molar-refractivity contribution in [3.05, 3.63) is 106 Å². The minimum absolute atomic E-state index is 0.178. The molecular weight excluding hydrogens is 496 g/mol. The van der Waals surface area contributed by atoms with Crippen molar-refractivity contribution in [1.82, 2.24) is 5.43 Å². The predicted octanol–water partition coefficient (Wildman–Crippen LogP) is 5.66. The fourth-order valence-corrected chi connectivity index (χ4v) is 3.76. The monoisotopic (exact) mass is 516 g/mol. The predicted molar refractivity (Wildman–Crippen MR) is 135 cm³/mol. The Morgan fingerprint density at radius 1 is 0.941 bits per heavy atom. The number of ether oxygens (including phenoxy) is 2. The molecule has 170 valence electrons. The maximum absolute atomic E-state index is 12.2. The van der Waals surface area contributed by atoms with E-state index in [0.717, 1.165) is 26.4 Å². The number of benzene rings is 4. The summed E-state index contributed by atoms with van der Waals surface area (Å²) in [6.45, 7) is 1.77. The molecule has 0 aliphatic rings. The topological polar surface area (TPSA) is 77.0 Å². The number of amides is 1. The zero-order chi connectivity index (χ0) is 23.9. The summed E-state index contributed by atoms with van der Waals surface area (Å²) in [7, 11) is 0. The summed E-state index contributed by atoms with van der Waals surface area (Å²) >= 11 is 3.53. The summed E-state index contributed by atoms with van der Waals surface area (Å²) in [6.07, 6.45) is 1.50. The Balaban J connectivity index is 1.27. The van der Waals surface area contributed by atoms with Gasteiger partial charge in [-0.2, -0.15) is 5.10 Å². The maximum atomic E-state index is 12.2. The van der Waals surface area contributed by atoms with Crippen LogP contribution in [0, 0.1) is 6.92 Å². The number of carbonyl (C=O) groups is 2. The first-order valence-electron chi connectivity index (χ1n) is 10.5. The molecule has 0 aliphatic heterocycles. The first-order chi connectivity index (χ1) is 16.5. The van der Waals surface area contributed by atoms with E-state index in [9.17, 15) is 9.59 Å². The largest absolute Gasteiger partial charge is 0.483 e. The Kier molecular flexibility index (Phi) is 7.34. The number of nitrogens with one attached hydrogen (secondary N) is 1. The Bertz CT molecular complexity index is 1350. The van der Waals surface area contributed by atoms with Gasteiger partial charge in [-0.05, 0) is 81.7 Å². The summed E-state index contributed by atoms with van der Waals surface area (Å²) in [5, 5.41) is 6.03. The summed E-state index contributed by atoms with van der Waals surface area (Å²) in [4.78, 5) is 24.3. The van der Waals surface area contributed by atoms with Crippen LogP contribution in [0.4, 0.5) is 0 Å². The van der Waals surface area contributed by atoms with Crippen LogP contribution >= 0.6 is 15.9 Å². The molecule has 0 atom stereocenters. The lowest BCUT2D eigenvalue weighted by Gasteiger charge is -2.09. The molecule has 0 fully saturated rings. The number of hydrazone groups is 1. The zero-order valence-corrected chi connectivity index (χ0v) is 19.9. The number of esters is 1. The second kappa shape index (κ2) is 10.8. The van der Waals surface area contributed by atoms with E-state index in [4.69, 9.17) is 9.47 Å². The molecule has 0 spiro atoms. The lowest BCUT2D eigenvalue weighted by atomic mass is 10.1. The first-order valence-corrected chi connectivity index (χ1v) is 11.3. The quantitative estimate of drug-likeness (QED) is 0.149. The number of aryl methyl sites for hydroxylation is 1. The SMILES string of the molecule is Cc1ccc(C(=O)Oc2ccc(/C=N/NC(=O)COc3ccc4ccccc4c3Br)cc2)cc1. The van der Waals surface area contributed by atoms with Gasteiger partial charge in [0, 0.05) is 0 Å². The van der Waals surface area contributed by atoms with Crippen LogP contribution in [0.5, 0.6) is 11.5 Å². The Hall–Kier alpha value is -3.97. The van der Waals surface area contributed by atoms with E-state index in [-0.39, 0.29) is 12.5 Å². The lowest BCUT2D eigenvalue weighted by molar-refractivity contribution is -0.123. The highest BCUT2D eigenvalue weighted by Gasteiger charge is 2.09. The third kappa shape index (κ3) is 5.88. The summed E-state index contributed by atoms with van der Waals surface area (Å²) < 4.78 is 11.8. The lowest BCUT2D eigenvalue weighted by Crippen LogP contribution is -2.24. The van der Waals surface area contributed by atoms with Gasteiger partial charge in [-0.1, -0.05) is 48.0 Å². The minimum atomic E-state index is -0.424. The van der Waals surface area contributed by atoms with Crippen LogP contribution in [0.3, 0.4) is 0 Å². The molecule has 0 unspecified atom stereocenters. The number of halogens is 1. The van der Waals surface area contributed by atoms with Crippen LogP contribution in [0.25, 0.3) is 10.8 Å². The molecule has 1 amide bonds. The molecule has 4 aromatic rings. The fourth-order valence-electron chi connectivity index (χ4n) is 3.16. The molecule has 6 nitrogen and oxygen atoms in total. The van der Waals surface area contributed by atoms with Crippen molar-refractivity contribution in [2.45, 2.75) is 6.92 Å². The zero-order valence-electron chi connectivity index (χ0n) is 18.3. The second-order valence-corrected chi connectivity index (χ2v) is 8.30. The third-order valence-electron chi connectivity index (χ3n) is 4.97. The molecular formula is C27H21BrN2O4. The van der Waals surface area contributed by atoms with E-state index < -0.39 is 5.97 Å². The average molecular weight is 517 g/mol. The van der Waals surface area contributed by atoms with Gasteiger partial charge in [0.1, 0.15) is 11.5 Å². The van der Waals surface area contributed by atoms with Crippen molar-refractivity contribution in [3.63, 3.8) is 0 Å².